The number of hydrogen-bond acceptors (Lipinski definition) is 4. The number of carbonyl (C=O) groups is 2. The summed E-state index contributed by atoms with van der Waals surface area (Å²) in [6.45, 7) is 19.8. The van der Waals surface area contributed by atoms with E-state index < -0.39 is 0 Å². The highest BCUT2D eigenvalue weighted by Crippen LogP contribution is 2.42. The molecule has 4 heteroatoms. The van der Waals surface area contributed by atoms with Crippen LogP contribution in [0, 0.1) is 0 Å². The first-order valence-corrected chi connectivity index (χ1v) is 11.6. The molecule has 0 aliphatic heterocycles. The van der Waals surface area contributed by atoms with E-state index in [2.05, 4.69) is 79.7 Å². The zero-order chi connectivity index (χ0) is 24.3. The number of rotatable bonds is 7. The van der Waals surface area contributed by atoms with Crippen LogP contribution < -0.4 is 9.47 Å². The monoisotopic (exact) mass is 438 g/mol. The summed E-state index contributed by atoms with van der Waals surface area (Å²) in [5.74, 6) is 1.50. The van der Waals surface area contributed by atoms with E-state index >= 15 is 0 Å². The molecule has 0 spiro atoms. The predicted molar refractivity (Wildman–Crippen MR) is 131 cm³/mol. The molecule has 0 atom stereocenters. The first-order chi connectivity index (χ1) is 14.8. The second kappa shape index (κ2) is 10.3. The molecule has 0 aliphatic carbocycles. The largest absolute Gasteiger partial charge is 0.426 e. The van der Waals surface area contributed by atoms with Gasteiger partial charge in [-0.15, -0.1) is 0 Å². The Morgan fingerprint density at radius 2 is 0.750 bits per heavy atom. The van der Waals surface area contributed by atoms with Crippen LogP contribution in [-0.4, -0.2) is 11.9 Å². The lowest BCUT2D eigenvalue weighted by atomic mass is 9.86. The van der Waals surface area contributed by atoms with Crippen molar-refractivity contribution in [2.45, 2.75) is 92.9 Å². The minimum absolute atomic E-state index is 0.191. The van der Waals surface area contributed by atoms with E-state index in [1.165, 1.54) is 13.8 Å². The van der Waals surface area contributed by atoms with Crippen LogP contribution in [0.3, 0.4) is 0 Å². The van der Waals surface area contributed by atoms with Gasteiger partial charge in [-0.1, -0.05) is 55.4 Å². The molecule has 0 amide bonds. The van der Waals surface area contributed by atoms with Crippen molar-refractivity contribution in [2.24, 2.45) is 0 Å². The van der Waals surface area contributed by atoms with E-state index in [0.29, 0.717) is 11.5 Å². The average Bonchev–Trinajstić information content (AvgIpc) is 2.66. The van der Waals surface area contributed by atoms with Crippen LogP contribution in [0.1, 0.15) is 115 Å². The highest BCUT2D eigenvalue weighted by Gasteiger charge is 2.23. The van der Waals surface area contributed by atoms with E-state index in [1.54, 1.807) is 0 Å². The molecule has 0 saturated carbocycles. The van der Waals surface area contributed by atoms with Crippen molar-refractivity contribution in [2.75, 3.05) is 0 Å². The summed E-state index contributed by atoms with van der Waals surface area (Å²) in [5, 5.41) is 0. The Balaban J connectivity index is 2.86. The summed E-state index contributed by atoms with van der Waals surface area (Å²) in [7, 11) is 0. The van der Waals surface area contributed by atoms with Crippen LogP contribution in [0.25, 0.3) is 11.1 Å². The Hall–Kier alpha value is -2.62. The van der Waals surface area contributed by atoms with E-state index in [9.17, 15) is 9.59 Å². The van der Waals surface area contributed by atoms with Crippen LogP contribution in [0.4, 0.5) is 0 Å². The normalized spacial score (nSPS) is 11.6. The van der Waals surface area contributed by atoms with Gasteiger partial charge in [-0.05, 0) is 81.3 Å². The van der Waals surface area contributed by atoms with Gasteiger partial charge in [0.25, 0.3) is 0 Å². The molecule has 2 aromatic carbocycles. The lowest BCUT2D eigenvalue weighted by molar-refractivity contribution is -0.133. The van der Waals surface area contributed by atoms with E-state index in [1.807, 2.05) is 0 Å². The number of ether oxygens (including phenoxy) is 2. The van der Waals surface area contributed by atoms with Gasteiger partial charge in [0.1, 0.15) is 11.5 Å². The standard InChI is InChI=1S/C28H38O4/c1-15(2)23-11-21(12-24(16(3)4)27(23)31-19(9)29)22-13-25(17(5)6)28(32-20(10)30)26(14-22)18(7)8/h11-18H,1-10H3. The van der Waals surface area contributed by atoms with Crippen molar-refractivity contribution >= 4 is 11.9 Å². The lowest BCUT2D eigenvalue weighted by Crippen LogP contribution is -2.10. The van der Waals surface area contributed by atoms with Gasteiger partial charge in [0.2, 0.25) is 0 Å². The second-order valence-corrected chi connectivity index (χ2v) is 9.77. The minimum atomic E-state index is -0.309. The molecule has 32 heavy (non-hydrogen) atoms. The molecular formula is C28H38O4. The molecule has 0 N–H and O–H groups in total. The van der Waals surface area contributed by atoms with E-state index in [4.69, 9.17) is 9.47 Å². The van der Waals surface area contributed by atoms with E-state index in [-0.39, 0.29) is 35.6 Å². The highest BCUT2D eigenvalue weighted by molar-refractivity contribution is 5.76. The molecular weight excluding hydrogens is 400 g/mol. The third kappa shape index (κ3) is 5.79. The summed E-state index contributed by atoms with van der Waals surface area (Å²) in [6, 6.07) is 8.52. The van der Waals surface area contributed by atoms with E-state index in [0.717, 1.165) is 33.4 Å². The molecule has 2 aromatic rings. The smallest absolute Gasteiger partial charge is 0.308 e. The predicted octanol–water partition coefficient (Wildman–Crippen LogP) is 7.70. The van der Waals surface area contributed by atoms with Crippen molar-refractivity contribution in [3.05, 3.63) is 46.5 Å². The first kappa shape index (κ1) is 25.6. The molecule has 0 fully saturated rings. The van der Waals surface area contributed by atoms with Gasteiger partial charge in [-0.25, -0.2) is 0 Å². The molecule has 0 bridgehead atoms. The summed E-state index contributed by atoms with van der Waals surface area (Å²) < 4.78 is 11.4. The fraction of sp³-hybridized carbons (Fsp3) is 0.500. The Morgan fingerprint density at radius 3 is 0.906 bits per heavy atom. The van der Waals surface area contributed by atoms with Crippen LogP contribution in [-0.2, 0) is 9.59 Å². The van der Waals surface area contributed by atoms with Crippen molar-refractivity contribution in [3.8, 4) is 22.6 Å². The maximum Gasteiger partial charge on any atom is 0.308 e. The zero-order valence-corrected chi connectivity index (χ0v) is 21.3. The summed E-state index contributed by atoms with van der Waals surface area (Å²) in [4.78, 5) is 23.6. The Labute approximate surface area is 193 Å². The van der Waals surface area contributed by atoms with Gasteiger partial charge < -0.3 is 9.47 Å². The molecule has 0 aromatic heterocycles. The van der Waals surface area contributed by atoms with Gasteiger partial charge in [0.15, 0.2) is 0 Å². The minimum Gasteiger partial charge on any atom is -0.426 e. The van der Waals surface area contributed by atoms with Gasteiger partial charge >= 0.3 is 11.9 Å². The summed E-state index contributed by atoms with van der Waals surface area (Å²) >= 11 is 0. The van der Waals surface area contributed by atoms with Crippen LogP contribution >= 0.6 is 0 Å². The van der Waals surface area contributed by atoms with Crippen LogP contribution in [0.5, 0.6) is 11.5 Å². The number of hydrogen-bond donors (Lipinski definition) is 0. The molecule has 0 aliphatic rings. The molecule has 2 rings (SSSR count). The summed E-state index contributed by atoms with van der Waals surface area (Å²) in [6.07, 6.45) is 0. The molecule has 0 heterocycles. The third-order valence-corrected chi connectivity index (χ3v) is 5.61. The average molecular weight is 439 g/mol. The quantitative estimate of drug-likeness (QED) is 0.328. The first-order valence-electron chi connectivity index (χ1n) is 11.6. The third-order valence-electron chi connectivity index (χ3n) is 5.61. The number of carbonyl (C=O) groups excluding carboxylic acids is 2. The second-order valence-electron chi connectivity index (χ2n) is 9.77. The van der Waals surface area contributed by atoms with Gasteiger partial charge in [-0.2, -0.15) is 0 Å². The zero-order valence-electron chi connectivity index (χ0n) is 21.3. The number of esters is 2. The fourth-order valence-corrected chi connectivity index (χ4v) is 3.92. The Kier molecular flexibility index (Phi) is 8.28. The van der Waals surface area contributed by atoms with Crippen LogP contribution in [0.15, 0.2) is 24.3 Å². The number of benzene rings is 2. The topological polar surface area (TPSA) is 52.6 Å². The SMILES string of the molecule is CC(=O)Oc1c(C(C)C)cc(-c2cc(C(C)C)c(OC(C)=O)c(C(C)C)c2)cc1C(C)C. The van der Waals surface area contributed by atoms with Gasteiger partial charge in [0.05, 0.1) is 0 Å². The lowest BCUT2D eigenvalue weighted by Gasteiger charge is -2.23. The molecule has 0 saturated heterocycles. The van der Waals surface area contributed by atoms with Crippen LogP contribution in [0.2, 0.25) is 0 Å². The molecule has 0 unspecified atom stereocenters. The maximum atomic E-state index is 11.8. The molecule has 4 nitrogen and oxygen atoms in total. The molecule has 0 radical (unpaired) electrons. The maximum absolute atomic E-state index is 11.8. The van der Waals surface area contributed by atoms with Crippen molar-refractivity contribution in [1.29, 1.82) is 0 Å². The van der Waals surface area contributed by atoms with Gasteiger partial charge in [0, 0.05) is 13.8 Å². The van der Waals surface area contributed by atoms with Crippen molar-refractivity contribution < 1.29 is 19.1 Å². The Morgan fingerprint density at radius 1 is 0.531 bits per heavy atom. The van der Waals surface area contributed by atoms with Gasteiger partial charge in [-0.3, -0.25) is 9.59 Å². The van der Waals surface area contributed by atoms with Crippen molar-refractivity contribution in [3.63, 3.8) is 0 Å². The highest BCUT2D eigenvalue weighted by atomic mass is 16.5. The molecule has 174 valence electrons. The van der Waals surface area contributed by atoms with Crippen molar-refractivity contribution in [1.82, 2.24) is 0 Å². The Bertz CT molecular complexity index is 857. The fourth-order valence-electron chi connectivity index (χ4n) is 3.92. The summed E-state index contributed by atoms with van der Waals surface area (Å²) in [5.41, 5.74) is 6.22.